The van der Waals surface area contributed by atoms with Gasteiger partial charge in [0.05, 0.1) is 7.11 Å². The van der Waals surface area contributed by atoms with Gasteiger partial charge in [-0.05, 0) is 24.3 Å². The normalized spacial score (nSPS) is 9.50. The zero-order valence-electron chi connectivity index (χ0n) is 11.2. The van der Waals surface area contributed by atoms with Crippen LogP contribution in [0.5, 0.6) is 17.2 Å². The van der Waals surface area contributed by atoms with Gasteiger partial charge >= 0.3 is 0 Å². The summed E-state index contributed by atoms with van der Waals surface area (Å²) in [7, 11) is 1.61. The van der Waals surface area contributed by atoms with Crippen LogP contribution in [0.3, 0.4) is 0 Å². The van der Waals surface area contributed by atoms with E-state index in [2.05, 4.69) is 12.6 Å². The molecule has 0 amide bonds. The lowest BCUT2D eigenvalue weighted by Crippen LogP contribution is -1.87. The Hall–Kier alpha value is -2.13. The molecule has 0 bridgehead atoms. The fourth-order valence-electron chi connectivity index (χ4n) is 1.60. The first-order chi connectivity index (χ1) is 9.79. The van der Waals surface area contributed by atoms with Crippen LogP contribution >= 0.6 is 12.6 Å². The second kappa shape index (κ2) is 7.46. The van der Waals surface area contributed by atoms with Crippen molar-refractivity contribution in [1.82, 2.24) is 0 Å². The van der Waals surface area contributed by atoms with E-state index >= 15 is 0 Å². The lowest BCUT2D eigenvalue weighted by atomic mass is 10.3. The molecule has 0 saturated heterocycles. The number of methoxy groups -OCH3 is 1. The number of hydrogen-bond donors (Lipinski definition) is 1. The van der Waals surface area contributed by atoms with Crippen LogP contribution in [0.2, 0.25) is 0 Å². The van der Waals surface area contributed by atoms with Crippen molar-refractivity contribution < 1.29 is 9.47 Å². The molecule has 2 aromatic rings. The summed E-state index contributed by atoms with van der Waals surface area (Å²) in [6.45, 7) is 0. The summed E-state index contributed by atoms with van der Waals surface area (Å²) < 4.78 is 11.1. The average molecular weight is 284 g/mol. The van der Waals surface area contributed by atoms with Crippen LogP contribution < -0.4 is 9.47 Å². The van der Waals surface area contributed by atoms with Crippen LogP contribution in [0, 0.1) is 0 Å². The molecule has 2 nitrogen and oxygen atoms in total. The molecule has 0 aliphatic carbocycles. The standard InChI is InChI=1S/C17H16O2S/c1-18-16-13-15(11-12-17(16)20)19-14-9-7-5-3-2-4-6-8-10-14/h2-13,20H,1H3. The molecule has 0 aliphatic rings. The Morgan fingerprint density at radius 2 is 1.35 bits per heavy atom. The average Bonchev–Trinajstić information content (AvgIpc) is 2.47. The minimum Gasteiger partial charge on any atom is -0.495 e. The predicted octanol–water partition coefficient (Wildman–Crippen LogP) is 4.90. The van der Waals surface area contributed by atoms with Gasteiger partial charge in [-0.1, -0.05) is 42.5 Å². The molecule has 0 unspecified atom stereocenters. The zero-order valence-corrected chi connectivity index (χ0v) is 12.1. The maximum absolute atomic E-state index is 5.84. The van der Waals surface area contributed by atoms with Gasteiger partial charge in [0.2, 0.25) is 0 Å². The highest BCUT2D eigenvalue weighted by atomic mass is 32.1. The van der Waals surface area contributed by atoms with Crippen LogP contribution in [-0.2, 0) is 0 Å². The largest absolute Gasteiger partial charge is 0.495 e. The highest BCUT2D eigenvalue weighted by Gasteiger charge is 2.02. The molecule has 0 fully saturated rings. The number of thiol groups is 1. The fraction of sp³-hybridized carbons (Fsp3) is 0.0588. The van der Waals surface area contributed by atoms with Gasteiger partial charge in [-0.3, -0.25) is 0 Å². The SMILES string of the molecule is COc1cc(Oc2ccccccccc2)ccc1S. The third-order valence-electron chi connectivity index (χ3n) is 2.57. The van der Waals surface area contributed by atoms with Crippen molar-refractivity contribution >= 4 is 12.6 Å². The van der Waals surface area contributed by atoms with Gasteiger partial charge in [-0.2, -0.15) is 0 Å². The van der Waals surface area contributed by atoms with Crippen LogP contribution in [0.25, 0.3) is 0 Å². The fourth-order valence-corrected chi connectivity index (χ4v) is 1.83. The molecule has 0 spiro atoms. The third kappa shape index (κ3) is 4.21. The van der Waals surface area contributed by atoms with Gasteiger partial charge in [0, 0.05) is 11.0 Å². The Kier molecular flexibility index (Phi) is 5.33. The Balaban J connectivity index is 2.30. The van der Waals surface area contributed by atoms with Crippen molar-refractivity contribution in [2.24, 2.45) is 0 Å². The van der Waals surface area contributed by atoms with Gasteiger partial charge in [0.1, 0.15) is 17.2 Å². The molecule has 3 heteroatoms. The van der Waals surface area contributed by atoms with Crippen molar-refractivity contribution in [3.8, 4) is 17.2 Å². The molecule has 0 atom stereocenters. The van der Waals surface area contributed by atoms with E-state index in [4.69, 9.17) is 9.47 Å². The molecule has 102 valence electrons. The molecule has 0 heterocycles. The highest BCUT2D eigenvalue weighted by molar-refractivity contribution is 7.80. The van der Waals surface area contributed by atoms with Gasteiger partial charge in [-0.15, -0.1) is 12.6 Å². The summed E-state index contributed by atoms with van der Waals surface area (Å²) in [5, 5.41) is 0. The maximum atomic E-state index is 5.84. The van der Waals surface area contributed by atoms with E-state index in [9.17, 15) is 0 Å². The smallest absolute Gasteiger partial charge is 0.135 e. The minimum atomic E-state index is 0.689. The van der Waals surface area contributed by atoms with E-state index in [1.165, 1.54) is 0 Å². The molecule has 0 aromatic heterocycles. The molecule has 20 heavy (non-hydrogen) atoms. The first kappa shape index (κ1) is 14.3. The van der Waals surface area contributed by atoms with Crippen LogP contribution in [0.1, 0.15) is 0 Å². The monoisotopic (exact) mass is 284 g/mol. The first-order valence-corrected chi connectivity index (χ1v) is 6.67. The minimum absolute atomic E-state index is 0.689. The molecule has 2 aromatic carbocycles. The van der Waals surface area contributed by atoms with Gasteiger partial charge in [0.15, 0.2) is 0 Å². The number of hydrogen-bond acceptors (Lipinski definition) is 3. The van der Waals surface area contributed by atoms with Gasteiger partial charge in [0.25, 0.3) is 0 Å². The molecular formula is C17H16O2S. The molecule has 0 N–H and O–H groups in total. The number of rotatable bonds is 3. The number of benzene rings is 1. The van der Waals surface area contributed by atoms with Crippen molar-refractivity contribution in [2.45, 2.75) is 4.90 Å². The molecular weight excluding hydrogens is 268 g/mol. The first-order valence-electron chi connectivity index (χ1n) is 6.23. The summed E-state index contributed by atoms with van der Waals surface area (Å²) in [5.74, 6) is 2.14. The summed E-state index contributed by atoms with van der Waals surface area (Å²) >= 11 is 4.31. The lowest BCUT2D eigenvalue weighted by Gasteiger charge is -2.08. The van der Waals surface area contributed by atoms with Crippen LogP contribution in [0.15, 0.2) is 77.7 Å². The van der Waals surface area contributed by atoms with E-state index in [0.717, 1.165) is 10.6 Å². The molecule has 2 rings (SSSR count). The van der Waals surface area contributed by atoms with Crippen LogP contribution in [0.4, 0.5) is 0 Å². The Morgan fingerprint density at radius 1 is 0.750 bits per heavy atom. The van der Waals surface area contributed by atoms with E-state index in [1.807, 2.05) is 72.8 Å². The van der Waals surface area contributed by atoms with E-state index in [1.54, 1.807) is 7.11 Å². The zero-order chi connectivity index (χ0) is 14.2. The van der Waals surface area contributed by atoms with Crippen molar-refractivity contribution in [3.63, 3.8) is 0 Å². The van der Waals surface area contributed by atoms with E-state index < -0.39 is 0 Å². The second-order valence-corrected chi connectivity index (χ2v) is 4.50. The predicted molar refractivity (Wildman–Crippen MR) is 84.4 cm³/mol. The van der Waals surface area contributed by atoms with Gasteiger partial charge < -0.3 is 9.47 Å². The van der Waals surface area contributed by atoms with Crippen molar-refractivity contribution in [2.75, 3.05) is 7.11 Å². The summed E-state index contributed by atoms with van der Waals surface area (Å²) in [6.07, 6.45) is 0. The number of ether oxygens (including phenoxy) is 2. The summed E-state index contributed by atoms with van der Waals surface area (Å²) in [6, 6.07) is 23.0. The summed E-state index contributed by atoms with van der Waals surface area (Å²) in [5.41, 5.74) is 0. The highest BCUT2D eigenvalue weighted by Crippen LogP contribution is 2.29. The van der Waals surface area contributed by atoms with E-state index in [-0.39, 0.29) is 0 Å². The summed E-state index contributed by atoms with van der Waals surface area (Å²) in [4.78, 5) is 0.781. The molecule has 0 radical (unpaired) electrons. The quantitative estimate of drug-likeness (QED) is 0.808. The van der Waals surface area contributed by atoms with Crippen molar-refractivity contribution in [3.05, 3.63) is 72.8 Å². The Bertz CT molecular complexity index is 600. The van der Waals surface area contributed by atoms with Crippen LogP contribution in [-0.4, -0.2) is 7.11 Å². The molecule has 0 saturated carbocycles. The Labute approximate surface area is 124 Å². The third-order valence-corrected chi connectivity index (χ3v) is 2.94. The second-order valence-electron chi connectivity index (χ2n) is 4.02. The maximum Gasteiger partial charge on any atom is 0.135 e. The molecule has 0 aliphatic heterocycles. The Morgan fingerprint density at radius 3 is 1.95 bits per heavy atom. The van der Waals surface area contributed by atoms with Crippen molar-refractivity contribution in [1.29, 1.82) is 0 Å². The lowest BCUT2D eigenvalue weighted by molar-refractivity contribution is 0.399. The van der Waals surface area contributed by atoms with E-state index in [0.29, 0.717) is 11.5 Å². The van der Waals surface area contributed by atoms with Gasteiger partial charge in [-0.25, -0.2) is 0 Å². The topological polar surface area (TPSA) is 18.5 Å².